The van der Waals surface area contributed by atoms with Gasteiger partial charge in [0, 0.05) is 37.3 Å². The summed E-state index contributed by atoms with van der Waals surface area (Å²) in [4.78, 5) is 13.0. The van der Waals surface area contributed by atoms with Crippen molar-refractivity contribution in [3.63, 3.8) is 0 Å². The number of ether oxygens (including phenoxy) is 1. The number of nitroso groups, excluding NO2 is 1. The summed E-state index contributed by atoms with van der Waals surface area (Å²) in [5, 5.41) is 3.52. The van der Waals surface area contributed by atoms with E-state index in [0.29, 0.717) is 31.2 Å². The lowest BCUT2D eigenvalue weighted by atomic mass is 10.3. The van der Waals surface area contributed by atoms with Crippen molar-refractivity contribution in [1.29, 1.82) is 0 Å². The molecule has 150 valence electrons. The van der Waals surface area contributed by atoms with Crippen molar-refractivity contribution in [3.05, 3.63) is 51.4 Å². The van der Waals surface area contributed by atoms with Crippen LogP contribution in [-0.2, 0) is 10.0 Å². The molecule has 1 aliphatic heterocycles. The highest BCUT2D eigenvalue weighted by Crippen LogP contribution is 2.37. The molecule has 1 aliphatic rings. The highest BCUT2D eigenvalue weighted by molar-refractivity contribution is 7.89. The summed E-state index contributed by atoms with van der Waals surface area (Å²) < 4.78 is 33.6. The van der Waals surface area contributed by atoms with Crippen molar-refractivity contribution in [1.82, 2.24) is 9.21 Å². The number of piperazine rings is 1. The Morgan fingerprint density at radius 1 is 1.04 bits per heavy atom. The van der Waals surface area contributed by atoms with Gasteiger partial charge in [-0.2, -0.15) is 4.31 Å². The van der Waals surface area contributed by atoms with Gasteiger partial charge in [0.2, 0.25) is 10.0 Å². The van der Waals surface area contributed by atoms with Crippen LogP contribution >= 0.6 is 23.2 Å². The van der Waals surface area contributed by atoms with Crippen LogP contribution in [-0.4, -0.2) is 50.3 Å². The molecule has 3 rings (SSSR count). The van der Waals surface area contributed by atoms with Gasteiger partial charge in [-0.05, 0) is 42.1 Å². The molecule has 0 N–H and O–H groups in total. The largest absolute Gasteiger partial charge is 0.454 e. The topological polar surface area (TPSA) is 79.3 Å². The highest BCUT2D eigenvalue weighted by atomic mass is 35.5. The summed E-state index contributed by atoms with van der Waals surface area (Å²) in [6, 6.07) is 8.63. The number of benzene rings is 2. The lowest BCUT2D eigenvalue weighted by Gasteiger charge is -2.33. The summed E-state index contributed by atoms with van der Waals surface area (Å²) in [7, 11) is -3.89. The molecule has 2 aromatic rings. The maximum Gasteiger partial charge on any atom is 0.246 e. The predicted octanol–water partition coefficient (Wildman–Crippen LogP) is 4.51. The van der Waals surface area contributed by atoms with E-state index in [-0.39, 0.29) is 27.1 Å². The van der Waals surface area contributed by atoms with Crippen molar-refractivity contribution in [3.8, 4) is 11.5 Å². The quantitative estimate of drug-likeness (QED) is 0.613. The number of sulfonamides is 1. The first-order valence-corrected chi connectivity index (χ1v) is 10.9. The second kappa shape index (κ2) is 8.75. The van der Waals surface area contributed by atoms with E-state index in [0.717, 1.165) is 6.54 Å². The van der Waals surface area contributed by atoms with Crippen molar-refractivity contribution in [2.75, 3.05) is 32.7 Å². The SMILES string of the molecule is CCN1CCN(S(=O)(=O)c2cc(N=O)ccc2Oc2cc(Cl)ccc2Cl)CC1. The zero-order chi connectivity index (χ0) is 20.3. The van der Waals surface area contributed by atoms with Crippen LogP contribution < -0.4 is 4.74 Å². The summed E-state index contributed by atoms with van der Waals surface area (Å²) in [6.07, 6.45) is 0. The predicted molar refractivity (Wildman–Crippen MR) is 109 cm³/mol. The summed E-state index contributed by atoms with van der Waals surface area (Å²) in [5.74, 6) is 0.266. The fourth-order valence-corrected chi connectivity index (χ4v) is 4.81. The molecule has 0 amide bonds. The fraction of sp³-hybridized carbons (Fsp3) is 0.333. The van der Waals surface area contributed by atoms with E-state index in [2.05, 4.69) is 10.1 Å². The molecule has 0 bridgehead atoms. The van der Waals surface area contributed by atoms with Gasteiger partial charge >= 0.3 is 0 Å². The Labute approximate surface area is 173 Å². The Hall–Kier alpha value is -1.71. The number of rotatable bonds is 6. The zero-order valence-corrected chi connectivity index (χ0v) is 17.5. The molecule has 10 heteroatoms. The monoisotopic (exact) mass is 443 g/mol. The van der Waals surface area contributed by atoms with Gasteiger partial charge in [-0.25, -0.2) is 8.42 Å². The van der Waals surface area contributed by atoms with Crippen molar-refractivity contribution in [2.45, 2.75) is 11.8 Å². The summed E-state index contributed by atoms with van der Waals surface area (Å²) >= 11 is 12.1. The van der Waals surface area contributed by atoms with E-state index < -0.39 is 10.0 Å². The molecule has 28 heavy (non-hydrogen) atoms. The molecule has 0 saturated carbocycles. The van der Waals surface area contributed by atoms with Crippen molar-refractivity contribution in [2.24, 2.45) is 5.18 Å². The van der Waals surface area contributed by atoms with Crippen molar-refractivity contribution < 1.29 is 13.2 Å². The molecule has 0 atom stereocenters. The first-order chi connectivity index (χ1) is 13.3. The van der Waals surface area contributed by atoms with Crippen LogP contribution in [0, 0.1) is 4.91 Å². The number of halogens is 2. The normalized spacial score (nSPS) is 16.1. The van der Waals surface area contributed by atoms with E-state index in [4.69, 9.17) is 27.9 Å². The van der Waals surface area contributed by atoms with Gasteiger partial charge in [0.05, 0.1) is 5.02 Å². The van der Waals surface area contributed by atoms with E-state index in [1.807, 2.05) is 6.92 Å². The maximum atomic E-state index is 13.2. The molecular formula is C18H19Cl2N3O4S. The Kier molecular flexibility index (Phi) is 6.57. The van der Waals surface area contributed by atoms with Crippen LogP contribution in [0.15, 0.2) is 46.5 Å². The molecule has 1 heterocycles. The maximum absolute atomic E-state index is 13.2. The minimum atomic E-state index is -3.89. The number of nitrogens with zero attached hydrogens (tertiary/aromatic N) is 3. The molecule has 1 saturated heterocycles. The molecule has 0 unspecified atom stereocenters. The standard InChI is InChI=1S/C18H19Cl2N3O4S/c1-2-22-7-9-23(10-8-22)28(25,26)18-12-14(21-24)4-6-16(18)27-17-11-13(19)3-5-15(17)20/h3-6,11-12H,2,7-10H2,1H3. The smallest absolute Gasteiger partial charge is 0.246 e. The zero-order valence-electron chi connectivity index (χ0n) is 15.1. The second-order valence-corrected chi connectivity index (χ2v) is 8.99. The Morgan fingerprint density at radius 2 is 1.75 bits per heavy atom. The van der Waals surface area contributed by atoms with Gasteiger partial charge < -0.3 is 9.64 Å². The third-order valence-corrected chi connectivity index (χ3v) is 7.01. The van der Waals surface area contributed by atoms with Crippen LogP contribution in [0.5, 0.6) is 11.5 Å². The highest BCUT2D eigenvalue weighted by Gasteiger charge is 2.31. The van der Waals surface area contributed by atoms with E-state index in [1.54, 1.807) is 12.1 Å². The molecular weight excluding hydrogens is 425 g/mol. The number of likely N-dealkylation sites (N-methyl/N-ethyl adjacent to an activating group) is 1. The van der Waals surface area contributed by atoms with Gasteiger partial charge in [0.1, 0.15) is 22.1 Å². The average Bonchev–Trinajstić information content (AvgIpc) is 2.71. The van der Waals surface area contributed by atoms with Gasteiger partial charge in [0.15, 0.2) is 0 Å². The second-order valence-electron chi connectivity index (χ2n) is 6.24. The van der Waals surface area contributed by atoms with Crippen LogP contribution in [0.2, 0.25) is 10.0 Å². The molecule has 1 fully saturated rings. The van der Waals surface area contributed by atoms with Crippen LogP contribution in [0.4, 0.5) is 5.69 Å². The Bertz CT molecular complexity index is 977. The van der Waals surface area contributed by atoms with Gasteiger partial charge in [0.25, 0.3) is 0 Å². The van der Waals surface area contributed by atoms with Gasteiger partial charge in [-0.15, -0.1) is 4.91 Å². The first kappa shape index (κ1) is 21.0. The lowest BCUT2D eigenvalue weighted by Crippen LogP contribution is -2.48. The van der Waals surface area contributed by atoms with Crippen LogP contribution in [0.3, 0.4) is 0 Å². The van der Waals surface area contributed by atoms with Gasteiger partial charge in [-0.3, -0.25) is 0 Å². The molecule has 0 aromatic heterocycles. The van der Waals surface area contributed by atoms with E-state index in [1.165, 1.54) is 28.6 Å². The third-order valence-electron chi connectivity index (χ3n) is 4.54. The van der Waals surface area contributed by atoms with E-state index >= 15 is 0 Å². The summed E-state index contributed by atoms with van der Waals surface area (Å²) in [5.41, 5.74) is -0.00434. The minimum absolute atomic E-state index is 0.00434. The fourth-order valence-electron chi connectivity index (χ4n) is 2.94. The van der Waals surface area contributed by atoms with Crippen LogP contribution in [0.25, 0.3) is 0 Å². The van der Waals surface area contributed by atoms with E-state index in [9.17, 15) is 13.3 Å². The van der Waals surface area contributed by atoms with Crippen molar-refractivity contribution >= 4 is 38.9 Å². The minimum Gasteiger partial charge on any atom is -0.454 e. The van der Waals surface area contributed by atoms with Crippen LogP contribution in [0.1, 0.15) is 6.92 Å². The molecule has 0 spiro atoms. The third kappa shape index (κ3) is 4.47. The molecule has 0 aliphatic carbocycles. The molecule has 0 radical (unpaired) electrons. The lowest BCUT2D eigenvalue weighted by molar-refractivity contribution is 0.196. The summed E-state index contributed by atoms with van der Waals surface area (Å²) in [6.45, 7) is 4.87. The first-order valence-electron chi connectivity index (χ1n) is 8.68. The number of hydrogen-bond acceptors (Lipinski definition) is 6. The average molecular weight is 444 g/mol. The molecule has 2 aromatic carbocycles. The molecule has 7 nitrogen and oxygen atoms in total. The Morgan fingerprint density at radius 3 is 2.39 bits per heavy atom. The van der Waals surface area contributed by atoms with Gasteiger partial charge in [-0.1, -0.05) is 30.1 Å². The number of hydrogen-bond donors (Lipinski definition) is 0. The Balaban J connectivity index is 1.99.